The van der Waals surface area contributed by atoms with E-state index in [2.05, 4.69) is 41.0 Å². The molecule has 2 bridgehead atoms. The number of imide groups is 1. The molecule has 5 N–H and O–H groups in total. The average Bonchev–Trinajstić information content (AvgIpc) is 3.94. The van der Waals surface area contributed by atoms with Crippen LogP contribution in [0.5, 0.6) is 17.2 Å². The van der Waals surface area contributed by atoms with Gasteiger partial charge in [0.15, 0.2) is 0 Å². The van der Waals surface area contributed by atoms with Crippen LogP contribution in [-0.2, 0) is 24.0 Å². The number of hydrogen-bond donors (Lipinski definition) is 5. The predicted molar refractivity (Wildman–Crippen MR) is 255 cm³/mol. The van der Waals surface area contributed by atoms with Crippen molar-refractivity contribution in [1.82, 2.24) is 20.1 Å². The molecule has 1 aliphatic carbocycles. The number of nitrogens with one attached hydrogen (secondary N) is 4. The van der Waals surface area contributed by atoms with Crippen molar-refractivity contribution in [1.29, 1.82) is 0 Å². The summed E-state index contributed by atoms with van der Waals surface area (Å²) in [5, 5.41) is 22.9. The SMILES string of the molecule is O=C1CCC(c2ccc(NC(=O)CCCN3C[C@@H]4C[C@H]3CN4CC3CCN(c4cc5nccc(Oc6ccc(NC(=O)C7(C(=O)Nc8ccc(F)cc8)CC7)cc6)c5cc4O)CC3)cc2)C(=O)N1. The van der Waals surface area contributed by atoms with E-state index in [4.69, 9.17) is 4.74 Å². The molecule has 352 valence electrons. The van der Waals surface area contributed by atoms with Crippen molar-refractivity contribution in [2.24, 2.45) is 11.3 Å². The first-order chi connectivity index (χ1) is 33.0. The highest BCUT2D eigenvalue weighted by atomic mass is 19.1. The molecule has 0 spiro atoms. The lowest BCUT2D eigenvalue weighted by Gasteiger charge is -2.39. The smallest absolute Gasteiger partial charge is 0.240 e. The van der Waals surface area contributed by atoms with Gasteiger partial charge in [0, 0.05) is 86.3 Å². The number of ether oxygens (including phenoxy) is 1. The van der Waals surface area contributed by atoms with Crippen LogP contribution in [0, 0.1) is 17.2 Å². The zero-order chi connectivity index (χ0) is 46.9. The maximum Gasteiger partial charge on any atom is 0.240 e. The number of likely N-dealkylation sites (tertiary alicyclic amines) is 2. The van der Waals surface area contributed by atoms with Crippen molar-refractivity contribution in [3.05, 3.63) is 109 Å². The van der Waals surface area contributed by atoms with Gasteiger partial charge in [-0.3, -0.25) is 44.1 Å². The largest absolute Gasteiger partial charge is 0.506 e. The molecule has 10 rings (SSSR count). The van der Waals surface area contributed by atoms with E-state index in [-0.39, 0.29) is 29.4 Å². The molecule has 3 atom stereocenters. The van der Waals surface area contributed by atoms with Crippen molar-refractivity contribution >= 4 is 63.2 Å². The van der Waals surface area contributed by atoms with Gasteiger partial charge in [-0.2, -0.15) is 0 Å². The summed E-state index contributed by atoms with van der Waals surface area (Å²) in [5.74, 6) is -0.328. The van der Waals surface area contributed by atoms with Crippen LogP contribution in [0.4, 0.5) is 27.1 Å². The fraction of sp³-hybridized carbons (Fsp3) is 0.385. The number of fused-ring (bicyclic) bond motifs is 3. The molecule has 68 heavy (non-hydrogen) atoms. The normalized spacial score (nSPS) is 21.4. The molecule has 5 aromatic rings. The van der Waals surface area contributed by atoms with Crippen LogP contribution < -0.4 is 30.9 Å². The summed E-state index contributed by atoms with van der Waals surface area (Å²) in [6.07, 6.45) is 7.80. The fourth-order valence-electron chi connectivity index (χ4n) is 10.4. The van der Waals surface area contributed by atoms with Crippen LogP contribution in [0.25, 0.3) is 10.9 Å². The number of carbonyl (C=O) groups is 5. The number of rotatable bonds is 15. The Morgan fingerprint density at radius 3 is 2.12 bits per heavy atom. The highest BCUT2D eigenvalue weighted by Gasteiger charge is 2.56. The third-order valence-electron chi connectivity index (χ3n) is 14.5. The van der Waals surface area contributed by atoms with Crippen molar-refractivity contribution in [2.75, 3.05) is 60.1 Å². The molecule has 15 nitrogen and oxygen atoms in total. The number of phenols is 1. The van der Waals surface area contributed by atoms with E-state index in [1.807, 2.05) is 30.3 Å². The number of nitrogens with zero attached hydrogens (tertiary/aromatic N) is 4. The molecule has 1 saturated carbocycles. The molecule has 5 heterocycles. The number of anilines is 4. The number of piperidine rings is 2. The summed E-state index contributed by atoms with van der Waals surface area (Å²) in [4.78, 5) is 74.7. The number of aromatic hydroxyl groups is 1. The molecule has 16 heteroatoms. The summed E-state index contributed by atoms with van der Waals surface area (Å²) in [5.41, 5.74) is 2.75. The lowest BCUT2D eigenvalue weighted by molar-refractivity contribution is -0.134. The quantitative estimate of drug-likeness (QED) is 0.0531. The summed E-state index contributed by atoms with van der Waals surface area (Å²) in [6, 6.07) is 26.1. The van der Waals surface area contributed by atoms with Crippen molar-refractivity contribution in [3.8, 4) is 17.2 Å². The van der Waals surface area contributed by atoms with Gasteiger partial charge in [-0.1, -0.05) is 12.1 Å². The van der Waals surface area contributed by atoms with Gasteiger partial charge in [0.05, 0.1) is 17.1 Å². The number of halogens is 1. The first-order valence-corrected chi connectivity index (χ1v) is 23.7. The number of hydrogen-bond acceptors (Lipinski definition) is 11. The fourth-order valence-corrected chi connectivity index (χ4v) is 10.4. The summed E-state index contributed by atoms with van der Waals surface area (Å²) < 4.78 is 19.6. The topological polar surface area (TPSA) is 186 Å². The minimum Gasteiger partial charge on any atom is -0.506 e. The Morgan fingerprint density at radius 1 is 0.809 bits per heavy atom. The number of aromatic nitrogens is 1. The molecular formula is C52H55FN8O7. The molecule has 4 saturated heterocycles. The summed E-state index contributed by atoms with van der Waals surface area (Å²) in [7, 11) is 0. The van der Waals surface area contributed by atoms with Gasteiger partial charge < -0.3 is 30.7 Å². The number of benzene rings is 4. The van der Waals surface area contributed by atoms with Crippen LogP contribution in [0.1, 0.15) is 69.3 Å². The van der Waals surface area contributed by atoms with E-state index >= 15 is 0 Å². The third kappa shape index (κ3) is 9.74. The van der Waals surface area contributed by atoms with Gasteiger partial charge in [-0.05, 0) is 142 Å². The zero-order valence-electron chi connectivity index (χ0n) is 37.7. The van der Waals surface area contributed by atoms with Crippen molar-refractivity contribution in [3.63, 3.8) is 0 Å². The number of amides is 5. The maximum atomic E-state index is 13.3. The lowest BCUT2D eigenvalue weighted by atomic mass is 9.90. The third-order valence-corrected chi connectivity index (χ3v) is 14.5. The molecule has 1 unspecified atom stereocenters. The summed E-state index contributed by atoms with van der Waals surface area (Å²) in [6.45, 7) is 5.73. The van der Waals surface area contributed by atoms with E-state index in [0.29, 0.717) is 89.6 Å². The van der Waals surface area contributed by atoms with E-state index in [1.165, 1.54) is 30.7 Å². The van der Waals surface area contributed by atoms with Gasteiger partial charge in [0.25, 0.3) is 0 Å². The minimum atomic E-state index is -1.18. The molecule has 4 aromatic carbocycles. The van der Waals surface area contributed by atoms with Crippen molar-refractivity contribution < 1.29 is 38.2 Å². The number of phenolic OH excluding ortho intramolecular Hbond substituents is 1. The molecule has 0 radical (unpaired) electrons. The van der Waals surface area contributed by atoms with Crippen LogP contribution in [0.2, 0.25) is 0 Å². The Balaban J connectivity index is 0.657. The molecule has 5 amide bonds. The Hall–Kier alpha value is -6.91. The van der Waals surface area contributed by atoms with Gasteiger partial charge in [-0.25, -0.2) is 4.39 Å². The maximum absolute atomic E-state index is 13.3. The van der Waals surface area contributed by atoms with Crippen LogP contribution in [-0.4, -0.2) is 101 Å². The van der Waals surface area contributed by atoms with Crippen LogP contribution >= 0.6 is 0 Å². The van der Waals surface area contributed by atoms with Gasteiger partial charge >= 0.3 is 0 Å². The Kier molecular flexibility index (Phi) is 12.5. The Bertz CT molecular complexity index is 2720. The molecular weight excluding hydrogens is 868 g/mol. The first kappa shape index (κ1) is 44.9. The lowest BCUT2D eigenvalue weighted by Crippen LogP contribution is -2.49. The Labute approximate surface area is 393 Å². The molecule has 1 aromatic heterocycles. The first-order valence-electron chi connectivity index (χ1n) is 23.7. The van der Waals surface area contributed by atoms with E-state index in [9.17, 15) is 33.5 Å². The van der Waals surface area contributed by atoms with Crippen LogP contribution in [0.15, 0.2) is 97.2 Å². The second kappa shape index (κ2) is 19.0. The second-order valence-electron chi connectivity index (χ2n) is 19.0. The van der Waals surface area contributed by atoms with E-state index in [0.717, 1.165) is 69.8 Å². The highest BCUT2D eigenvalue weighted by molar-refractivity contribution is 6.17. The minimum absolute atomic E-state index is 0.0217. The van der Waals surface area contributed by atoms with E-state index < -0.39 is 23.0 Å². The summed E-state index contributed by atoms with van der Waals surface area (Å²) >= 11 is 0. The van der Waals surface area contributed by atoms with Crippen LogP contribution in [0.3, 0.4) is 0 Å². The van der Waals surface area contributed by atoms with Gasteiger partial charge in [-0.15, -0.1) is 0 Å². The molecule has 4 aliphatic heterocycles. The highest BCUT2D eigenvalue weighted by Crippen LogP contribution is 2.48. The zero-order valence-corrected chi connectivity index (χ0v) is 37.7. The second-order valence-corrected chi connectivity index (χ2v) is 19.0. The van der Waals surface area contributed by atoms with E-state index in [1.54, 1.807) is 42.6 Å². The average molecular weight is 923 g/mol. The van der Waals surface area contributed by atoms with Gasteiger partial charge in [0.1, 0.15) is 28.5 Å². The van der Waals surface area contributed by atoms with Crippen molar-refractivity contribution in [2.45, 2.75) is 75.8 Å². The Morgan fingerprint density at radius 2 is 1.46 bits per heavy atom. The molecule has 5 fully saturated rings. The number of carbonyl (C=O) groups excluding carboxylic acids is 5. The number of piperazine rings is 1. The monoisotopic (exact) mass is 922 g/mol. The standard InChI is InChI=1S/C52H55FN8O7/c53-34-5-9-36(10-6-34)56-50(66)52(20-21-52)51(67)57-37-11-13-40(14-12-37)68-46-17-22-54-43-28-44(45(62)27-42(43)46)59-24-18-32(19-25-59)29-61-31-38-26-39(61)30-60(38)23-1-2-47(63)55-35-7-3-33(4-8-35)41-15-16-48(64)58-49(41)65/h3-14,17,22,27-28,32,38-39,41,62H,1-2,15-16,18-21,23-26,29-31H2,(H,55,63)(H,56,66)(H,57,67)(H,58,64,65)/t38-,39-,41?/m0/s1. The number of pyridine rings is 1. The molecule has 5 aliphatic rings. The predicted octanol–water partition coefficient (Wildman–Crippen LogP) is 7.14. The van der Waals surface area contributed by atoms with Gasteiger partial charge in [0.2, 0.25) is 29.5 Å².